The number of hydroxylamine groups is 1. The number of sulfonamides is 1. The molecule has 1 aliphatic heterocycles. The molecule has 1 aliphatic rings. The van der Waals surface area contributed by atoms with Crippen molar-refractivity contribution >= 4 is 27.5 Å². The fourth-order valence-electron chi connectivity index (χ4n) is 3.09. The molecule has 1 saturated heterocycles. The Morgan fingerprint density at radius 3 is 2.66 bits per heavy atom. The van der Waals surface area contributed by atoms with Crippen molar-refractivity contribution in [2.24, 2.45) is 0 Å². The van der Waals surface area contributed by atoms with Crippen LogP contribution in [0.1, 0.15) is 28.8 Å². The van der Waals surface area contributed by atoms with Gasteiger partial charge in [0.25, 0.3) is 15.9 Å². The van der Waals surface area contributed by atoms with E-state index in [0.717, 1.165) is 23.0 Å². The molecule has 1 heterocycles. The zero-order valence-electron chi connectivity index (χ0n) is 16.3. The summed E-state index contributed by atoms with van der Waals surface area (Å²) in [7, 11) is -1.33. The van der Waals surface area contributed by atoms with Crippen LogP contribution in [-0.2, 0) is 26.2 Å². The van der Waals surface area contributed by atoms with E-state index < -0.39 is 15.9 Å². The number of hydrogen-bond acceptors (Lipinski definition) is 5. The van der Waals surface area contributed by atoms with Gasteiger partial charge in [0, 0.05) is 37.8 Å². The minimum atomic E-state index is -3.85. The summed E-state index contributed by atoms with van der Waals surface area (Å²) in [6.45, 7) is 1.24. The van der Waals surface area contributed by atoms with E-state index >= 15 is 0 Å². The lowest BCUT2D eigenvalue weighted by Gasteiger charge is -2.16. The Morgan fingerprint density at radius 2 is 1.97 bits per heavy atom. The lowest BCUT2D eigenvalue weighted by atomic mass is 10.1. The van der Waals surface area contributed by atoms with Gasteiger partial charge in [0.2, 0.25) is 5.91 Å². The summed E-state index contributed by atoms with van der Waals surface area (Å²) in [4.78, 5) is 30.9. The average Bonchev–Trinajstić information content (AvgIpc) is 3.12. The Morgan fingerprint density at radius 1 is 1.21 bits per heavy atom. The summed E-state index contributed by atoms with van der Waals surface area (Å²) >= 11 is 0. The molecule has 9 heteroatoms. The lowest BCUT2D eigenvalue weighted by Crippen LogP contribution is -2.26. The van der Waals surface area contributed by atoms with Gasteiger partial charge < -0.3 is 10.2 Å². The van der Waals surface area contributed by atoms with E-state index in [1.54, 1.807) is 17.0 Å². The summed E-state index contributed by atoms with van der Waals surface area (Å²) in [5.41, 5.74) is 1.69. The first-order chi connectivity index (χ1) is 13.8. The molecular formula is C20H23N3O5S. The number of nitrogens with one attached hydrogen (secondary N) is 1. The zero-order valence-corrected chi connectivity index (χ0v) is 17.1. The molecular weight excluding hydrogens is 394 g/mol. The summed E-state index contributed by atoms with van der Waals surface area (Å²) in [6.07, 6.45) is 1.45. The largest absolute Gasteiger partial charge is 0.338 e. The van der Waals surface area contributed by atoms with Crippen molar-refractivity contribution < 1.29 is 22.8 Å². The Kier molecular flexibility index (Phi) is 6.31. The SMILES string of the molecule is CON(C)S(=O)(=O)c1cccc(C(=O)Nc2cccc(CN3CCCC3=O)c2)c1. The normalized spacial score (nSPS) is 14.4. The number of amides is 2. The number of likely N-dealkylation sites (tertiary alicyclic amines) is 1. The van der Waals surface area contributed by atoms with Gasteiger partial charge in [-0.05, 0) is 42.3 Å². The highest BCUT2D eigenvalue weighted by molar-refractivity contribution is 7.89. The minimum absolute atomic E-state index is 0.0456. The number of benzene rings is 2. The van der Waals surface area contributed by atoms with Gasteiger partial charge >= 0.3 is 0 Å². The fraction of sp³-hybridized carbons (Fsp3) is 0.300. The van der Waals surface area contributed by atoms with Crippen LogP contribution in [0.2, 0.25) is 0 Å². The second-order valence-electron chi connectivity index (χ2n) is 6.70. The molecule has 8 nitrogen and oxygen atoms in total. The molecule has 2 aromatic carbocycles. The van der Waals surface area contributed by atoms with Crippen LogP contribution in [-0.4, -0.2) is 50.3 Å². The van der Waals surface area contributed by atoms with E-state index in [2.05, 4.69) is 5.32 Å². The first kappa shape index (κ1) is 21.0. The third-order valence-electron chi connectivity index (χ3n) is 4.72. The van der Waals surface area contributed by atoms with Gasteiger partial charge in [0.05, 0.1) is 12.0 Å². The molecule has 0 bridgehead atoms. The molecule has 154 valence electrons. The van der Waals surface area contributed by atoms with E-state index in [1.807, 2.05) is 12.1 Å². The lowest BCUT2D eigenvalue weighted by molar-refractivity contribution is -0.128. The number of carbonyl (C=O) groups is 2. The molecule has 2 aromatic rings. The summed E-state index contributed by atoms with van der Waals surface area (Å²) in [6, 6.07) is 13.0. The summed E-state index contributed by atoms with van der Waals surface area (Å²) in [5.74, 6) is -0.296. The van der Waals surface area contributed by atoms with Crippen molar-refractivity contribution in [1.29, 1.82) is 0 Å². The smallest absolute Gasteiger partial charge is 0.264 e. The standard InChI is InChI=1S/C20H23N3O5S/c1-22(28-2)29(26,27)18-9-4-7-16(13-18)20(25)21-17-8-3-6-15(12-17)14-23-11-5-10-19(23)24/h3-4,6-9,12-13H,5,10-11,14H2,1-2H3,(H,21,25). The number of nitrogens with zero attached hydrogens (tertiary/aromatic N) is 2. The Labute approximate surface area is 170 Å². The van der Waals surface area contributed by atoms with Crippen LogP contribution in [0, 0.1) is 0 Å². The van der Waals surface area contributed by atoms with Gasteiger partial charge in [-0.2, -0.15) is 0 Å². The molecule has 0 aliphatic carbocycles. The van der Waals surface area contributed by atoms with Crippen molar-refractivity contribution in [3.63, 3.8) is 0 Å². The van der Waals surface area contributed by atoms with Crippen LogP contribution in [0.15, 0.2) is 53.4 Å². The monoisotopic (exact) mass is 417 g/mol. The highest BCUT2D eigenvalue weighted by Gasteiger charge is 2.22. The van der Waals surface area contributed by atoms with Crippen molar-refractivity contribution in [1.82, 2.24) is 9.37 Å². The Hall–Kier alpha value is -2.75. The molecule has 0 spiro atoms. The highest BCUT2D eigenvalue weighted by atomic mass is 32.2. The maximum absolute atomic E-state index is 12.6. The first-order valence-electron chi connectivity index (χ1n) is 9.12. The molecule has 0 radical (unpaired) electrons. The number of anilines is 1. The van der Waals surface area contributed by atoms with E-state index in [-0.39, 0.29) is 16.4 Å². The van der Waals surface area contributed by atoms with Crippen LogP contribution in [0.25, 0.3) is 0 Å². The van der Waals surface area contributed by atoms with Gasteiger partial charge in [-0.15, -0.1) is 0 Å². The molecule has 0 atom stereocenters. The maximum atomic E-state index is 12.6. The van der Waals surface area contributed by atoms with Crippen molar-refractivity contribution in [2.45, 2.75) is 24.3 Å². The van der Waals surface area contributed by atoms with Gasteiger partial charge in [0.1, 0.15) is 0 Å². The van der Waals surface area contributed by atoms with E-state index in [0.29, 0.717) is 18.7 Å². The summed E-state index contributed by atoms with van der Waals surface area (Å²) < 4.78 is 25.5. The topological polar surface area (TPSA) is 96.0 Å². The quantitative estimate of drug-likeness (QED) is 0.697. The molecule has 1 N–H and O–H groups in total. The van der Waals surface area contributed by atoms with Crippen LogP contribution >= 0.6 is 0 Å². The van der Waals surface area contributed by atoms with Crippen LogP contribution < -0.4 is 5.32 Å². The Balaban J connectivity index is 1.75. The summed E-state index contributed by atoms with van der Waals surface area (Å²) in [5, 5.41) is 2.77. The van der Waals surface area contributed by atoms with Crippen molar-refractivity contribution in [3.05, 3.63) is 59.7 Å². The molecule has 29 heavy (non-hydrogen) atoms. The van der Waals surface area contributed by atoms with Crippen LogP contribution in [0.5, 0.6) is 0 Å². The number of hydrogen-bond donors (Lipinski definition) is 1. The van der Waals surface area contributed by atoms with Gasteiger partial charge in [-0.3, -0.25) is 14.4 Å². The second kappa shape index (κ2) is 8.73. The maximum Gasteiger partial charge on any atom is 0.264 e. The van der Waals surface area contributed by atoms with Gasteiger partial charge in [0.15, 0.2) is 0 Å². The molecule has 0 unspecified atom stereocenters. The fourth-order valence-corrected chi connectivity index (χ4v) is 4.11. The molecule has 3 rings (SSSR count). The average molecular weight is 417 g/mol. The van der Waals surface area contributed by atoms with Gasteiger partial charge in [-0.1, -0.05) is 22.7 Å². The van der Waals surface area contributed by atoms with Crippen LogP contribution in [0.3, 0.4) is 0 Å². The molecule has 0 aromatic heterocycles. The van der Waals surface area contributed by atoms with E-state index in [9.17, 15) is 18.0 Å². The third-order valence-corrected chi connectivity index (χ3v) is 6.40. The minimum Gasteiger partial charge on any atom is -0.338 e. The zero-order chi connectivity index (χ0) is 21.0. The van der Waals surface area contributed by atoms with Crippen molar-refractivity contribution in [2.75, 3.05) is 26.0 Å². The van der Waals surface area contributed by atoms with Gasteiger partial charge in [-0.25, -0.2) is 8.42 Å². The predicted octanol–water partition coefficient (Wildman–Crippen LogP) is 2.24. The third kappa shape index (κ3) is 4.81. The molecule has 2 amide bonds. The van der Waals surface area contributed by atoms with Crippen LogP contribution in [0.4, 0.5) is 5.69 Å². The predicted molar refractivity (Wildman–Crippen MR) is 107 cm³/mol. The number of carbonyl (C=O) groups excluding carboxylic acids is 2. The first-order valence-corrected chi connectivity index (χ1v) is 10.6. The number of rotatable bonds is 7. The highest BCUT2D eigenvalue weighted by Crippen LogP contribution is 2.19. The van der Waals surface area contributed by atoms with Crippen molar-refractivity contribution in [3.8, 4) is 0 Å². The molecule has 1 fully saturated rings. The second-order valence-corrected chi connectivity index (χ2v) is 8.63. The molecule has 0 saturated carbocycles. The van der Waals surface area contributed by atoms with E-state index in [1.165, 1.54) is 38.4 Å². The van der Waals surface area contributed by atoms with E-state index in [4.69, 9.17) is 4.84 Å². The Bertz CT molecular complexity index is 1020.